The van der Waals surface area contributed by atoms with Gasteiger partial charge < -0.3 is 19.5 Å². The second kappa shape index (κ2) is 5.16. The third-order valence-corrected chi connectivity index (χ3v) is 5.52. The Morgan fingerprint density at radius 1 is 1.31 bits per heavy atom. The monoisotopic (exact) mass is 350 g/mol. The number of hydrogen-bond acceptors (Lipinski definition) is 5. The van der Waals surface area contributed by atoms with Crippen molar-refractivity contribution >= 4 is 10.9 Å². The largest absolute Gasteiger partial charge is 0.508 e. The van der Waals surface area contributed by atoms with Gasteiger partial charge in [-0.3, -0.25) is 4.79 Å². The summed E-state index contributed by atoms with van der Waals surface area (Å²) < 4.78 is 7.18. The number of phenols is 1. The second-order valence-corrected chi connectivity index (χ2v) is 7.06. The SMILES string of the molecule is CCC1(O)COCc2c1cc1n(c2=O)Cc2cc3cc(O)ccc3nc2-1. The molecule has 5 rings (SSSR count). The highest BCUT2D eigenvalue weighted by Gasteiger charge is 2.37. The van der Waals surface area contributed by atoms with Gasteiger partial charge in [0.1, 0.15) is 11.4 Å². The Balaban J connectivity index is 1.78. The van der Waals surface area contributed by atoms with Crippen molar-refractivity contribution in [1.29, 1.82) is 0 Å². The van der Waals surface area contributed by atoms with Crippen LogP contribution in [0.3, 0.4) is 0 Å². The van der Waals surface area contributed by atoms with Crippen LogP contribution in [0.5, 0.6) is 5.75 Å². The molecule has 6 nitrogen and oxygen atoms in total. The maximum absolute atomic E-state index is 13.0. The molecule has 4 heterocycles. The molecule has 132 valence electrons. The molecule has 0 fully saturated rings. The Labute approximate surface area is 149 Å². The van der Waals surface area contributed by atoms with Crippen LogP contribution in [0.4, 0.5) is 0 Å². The van der Waals surface area contributed by atoms with Crippen LogP contribution in [0.25, 0.3) is 22.3 Å². The predicted octanol–water partition coefficient (Wildman–Crippen LogP) is 2.26. The van der Waals surface area contributed by atoms with Gasteiger partial charge in [0.15, 0.2) is 0 Å². The van der Waals surface area contributed by atoms with Crippen molar-refractivity contribution in [1.82, 2.24) is 9.55 Å². The van der Waals surface area contributed by atoms with Gasteiger partial charge in [-0.15, -0.1) is 0 Å². The van der Waals surface area contributed by atoms with Crippen LogP contribution < -0.4 is 5.56 Å². The van der Waals surface area contributed by atoms with Crippen molar-refractivity contribution in [3.8, 4) is 17.1 Å². The molecule has 0 amide bonds. The fraction of sp³-hybridized carbons (Fsp3) is 0.300. The molecular weight excluding hydrogens is 332 g/mol. The predicted molar refractivity (Wildman–Crippen MR) is 96.0 cm³/mol. The summed E-state index contributed by atoms with van der Waals surface area (Å²) in [5.41, 5.74) is 3.09. The molecule has 0 spiro atoms. The van der Waals surface area contributed by atoms with E-state index in [1.807, 2.05) is 19.1 Å². The third kappa shape index (κ3) is 2.00. The number of ether oxygens (including phenoxy) is 1. The van der Waals surface area contributed by atoms with Crippen LogP contribution in [0.1, 0.15) is 30.0 Å². The fourth-order valence-corrected chi connectivity index (χ4v) is 4.01. The molecule has 1 atom stereocenters. The maximum atomic E-state index is 13.0. The van der Waals surface area contributed by atoms with E-state index >= 15 is 0 Å². The summed E-state index contributed by atoms with van der Waals surface area (Å²) in [4.78, 5) is 17.7. The molecule has 0 saturated heterocycles. The number of nitrogens with zero attached hydrogens (tertiary/aromatic N) is 2. The highest BCUT2D eigenvalue weighted by Crippen LogP contribution is 2.38. The first-order valence-electron chi connectivity index (χ1n) is 8.70. The molecule has 2 aliphatic heterocycles. The highest BCUT2D eigenvalue weighted by molar-refractivity contribution is 5.85. The van der Waals surface area contributed by atoms with E-state index in [0.29, 0.717) is 24.1 Å². The summed E-state index contributed by atoms with van der Waals surface area (Å²) in [7, 11) is 0. The first-order chi connectivity index (χ1) is 12.5. The van der Waals surface area contributed by atoms with Crippen LogP contribution in [-0.4, -0.2) is 26.4 Å². The number of benzene rings is 1. The van der Waals surface area contributed by atoms with Crippen molar-refractivity contribution in [3.05, 3.63) is 57.4 Å². The zero-order valence-corrected chi connectivity index (χ0v) is 14.3. The average Bonchev–Trinajstić information content (AvgIpc) is 2.99. The lowest BCUT2D eigenvalue weighted by molar-refractivity contribution is -0.0757. The van der Waals surface area contributed by atoms with E-state index in [2.05, 4.69) is 0 Å². The molecule has 6 heteroatoms. The molecule has 3 aromatic rings. The van der Waals surface area contributed by atoms with Crippen molar-refractivity contribution in [2.24, 2.45) is 0 Å². The van der Waals surface area contributed by atoms with Crippen LogP contribution in [-0.2, 0) is 23.5 Å². The van der Waals surface area contributed by atoms with Crippen LogP contribution in [0.15, 0.2) is 35.1 Å². The zero-order valence-electron chi connectivity index (χ0n) is 14.3. The van der Waals surface area contributed by atoms with E-state index in [4.69, 9.17) is 9.72 Å². The summed E-state index contributed by atoms with van der Waals surface area (Å²) in [5.74, 6) is 0.188. The number of hydrogen-bond donors (Lipinski definition) is 2. The summed E-state index contributed by atoms with van der Waals surface area (Å²) >= 11 is 0. The molecule has 26 heavy (non-hydrogen) atoms. The highest BCUT2D eigenvalue weighted by atomic mass is 16.5. The van der Waals surface area contributed by atoms with E-state index in [9.17, 15) is 15.0 Å². The average molecular weight is 350 g/mol. The quantitative estimate of drug-likeness (QED) is 0.550. The molecular formula is C20H18N2O4. The van der Waals surface area contributed by atoms with Gasteiger partial charge >= 0.3 is 0 Å². The number of pyridine rings is 2. The van der Waals surface area contributed by atoms with Crippen molar-refractivity contribution in [2.75, 3.05) is 6.61 Å². The second-order valence-electron chi connectivity index (χ2n) is 7.06. The number of aliphatic hydroxyl groups is 1. The van der Waals surface area contributed by atoms with Crippen LogP contribution in [0, 0.1) is 0 Å². The lowest BCUT2D eigenvalue weighted by Crippen LogP contribution is -2.40. The molecule has 1 unspecified atom stereocenters. The number of aromatic hydroxyl groups is 1. The first kappa shape index (κ1) is 15.5. The minimum Gasteiger partial charge on any atom is -0.508 e. The number of fused-ring (bicyclic) bond motifs is 5. The Kier molecular flexibility index (Phi) is 3.08. The molecule has 1 aromatic carbocycles. The van der Waals surface area contributed by atoms with Gasteiger partial charge in [-0.2, -0.15) is 0 Å². The summed E-state index contributed by atoms with van der Waals surface area (Å²) in [6.07, 6.45) is 0.472. The van der Waals surface area contributed by atoms with Crippen LogP contribution >= 0.6 is 0 Å². The number of rotatable bonds is 1. The van der Waals surface area contributed by atoms with Gasteiger partial charge in [-0.05, 0) is 42.3 Å². The molecule has 0 aliphatic carbocycles. The van der Waals surface area contributed by atoms with Gasteiger partial charge in [0.2, 0.25) is 0 Å². The molecule has 0 radical (unpaired) electrons. The van der Waals surface area contributed by atoms with Crippen LogP contribution in [0.2, 0.25) is 0 Å². The fourth-order valence-electron chi connectivity index (χ4n) is 4.01. The maximum Gasteiger partial charge on any atom is 0.257 e. The Morgan fingerprint density at radius 2 is 2.15 bits per heavy atom. The van der Waals surface area contributed by atoms with E-state index in [1.54, 1.807) is 22.8 Å². The first-order valence-corrected chi connectivity index (χ1v) is 8.70. The summed E-state index contributed by atoms with van der Waals surface area (Å²) in [6, 6.07) is 8.90. The Hall–Kier alpha value is -2.70. The number of aromatic nitrogens is 2. The van der Waals surface area contributed by atoms with E-state index in [0.717, 1.165) is 27.9 Å². The summed E-state index contributed by atoms with van der Waals surface area (Å²) in [6.45, 7) is 2.72. The molecule has 0 bridgehead atoms. The Morgan fingerprint density at radius 3 is 2.96 bits per heavy atom. The third-order valence-electron chi connectivity index (χ3n) is 5.52. The van der Waals surface area contributed by atoms with Crippen molar-refractivity contribution in [3.63, 3.8) is 0 Å². The lowest BCUT2D eigenvalue weighted by atomic mass is 9.86. The van der Waals surface area contributed by atoms with Gasteiger partial charge in [0, 0.05) is 16.5 Å². The van der Waals surface area contributed by atoms with E-state index in [-0.39, 0.29) is 24.5 Å². The lowest BCUT2D eigenvalue weighted by Gasteiger charge is -2.33. The minimum atomic E-state index is -1.15. The van der Waals surface area contributed by atoms with Gasteiger partial charge in [-0.1, -0.05) is 6.92 Å². The standard InChI is InChI=1S/C20H18N2O4/c1-2-20(25)10-26-9-14-15(20)7-17-18-12(8-22(17)19(14)24)5-11-6-13(23)3-4-16(11)21-18/h3-7,23,25H,2,8-10H2,1H3. The van der Waals surface area contributed by atoms with Crippen molar-refractivity contribution < 1.29 is 14.9 Å². The summed E-state index contributed by atoms with van der Waals surface area (Å²) in [5, 5.41) is 21.5. The minimum absolute atomic E-state index is 0.131. The van der Waals surface area contributed by atoms with Gasteiger partial charge in [-0.25, -0.2) is 4.98 Å². The zero-order chi connectivity index (χ0) is 18.1. The molecule has 0 saturated carbocycles. The smallest absolute Gasteiger partial charge is 0.257 e. The molecule has 2 aliphatic rings. The molecule has 2 aromatic heterocycles. The normalized spacial score (nSPS) is 20.7. The van der Waals surface area contributed by atoms with Gasteiger partial charge in [0.05, 0.1) is 36.7 Å². The van der Waals surface area contributed by atoms with Crippen molar-refractivity contribution in [2.45, 2.75) is 32.1 Å². The number of phenolic OH excluding ortho intramolecular Hbond substituents is 1. The van der Waals surface area contributed by atoms with E-state index in [1.165, 1.54) is 0 Å². The van der Waals surface area contributed by atoms with Gasteiger partial charge in [0.25, 0.3) is 5.56 Å². The van der Waals surface area contributed by atoms with E-state index < -0.39 is 5.60 Å². The topological polar surface area (TPSA) is 84.6 Å². The Bertz CT molecular complexity index is 1130. The molecule has 2 N–H and O–H groups in total.